The van der Waals surface area contributed by atoms with Crippen LogP contribution in [0, 0.1) is 13.8 Å². The number of nitrogens with one attached hydrogen (secondary N) is 1. The molecule has 1 aliphatic heterocycles. The Kier molecular flexibility index (Phi) is 5.78. The minimum Gasteiger partial charge on any atom is -0.465 e. The summed E-state index contributed by atoms with van der Waals surface area (Å²) in [6.45, 7) is 3.92. The Hall–Kier alpha value is -5.13. The third kappa shape index (κ3) is 4.25. The molecular weight excluding hydrogens is 498 g/mol. The first kappa shape index (κ1) is 24.2. The molecule has 0 unspecified atom stereocenters. The van der Waals surface area contributed by atoms with Crippen molar-refractivity contribution < 1.29 is 9.90 Å². The minimum absolute atomic E-state index is 0.154. The molecule has 0 saturated carbocycles. The summed E-state index contributed by atoms with van der Waals surface area (Å²) >= 11 is 0. The highest BCUT2D eigenvalue weighted by Crippen LogP contribution is 2.33. The zero-order valence-electron chi connectivity index (χ0n) is 21.5. The van der Waals surface area contributed by atoms with Crippen LogP contribution in [0.5, 0.6) is 0 Å². The molecule has 0 saturated heterocycles. The second-order valence-corrected chi connectivity index (χ2v) is 9.58. The number of hydrogen-bond donors (Lipinski definition) is 2. The van der Waals surface area contributed by atoms with Crippen molar-refractivity contribution in [1.29, 1.82) is 0 Å². The lowest BCUT2D eigenvalue weighted by Crippen LogP contribution is -2.25. The molecule has 1 aliphatic rings. The van der Waals surface area contributed by atoms with Crippen LogP contribution in [0.15, 0.2) is 59.7 Å². The number of tetrazole rings is 1. The molecule has 0 fully saturated rings. The van der Waals surface area contributed by atoms with E-state index in [0.717, 1.165) is 38.7 Å². The summed E-state index contributed by atoms with van der Waals surface area (Å²) in [5.74, 6) is 1.39. The van der Waals surface area contributed by atoms with Crippen molar-refractivity contribution in [2.24, 2.45) is 0 Å². The molecule has 5 aromatic rings. The summed E-state index contributed by atoms with van der Waals surface area (Å²) in [6.07, 6.45) is 1.80. The Morgan fingerprint density at radius 3 is 2.62 bits per heavy atom. The van der Waals surface area contributed by atoms with Crippen LogP contribution in [0.2, 0.25) is 0 Å². The second-order valence-electron chi connectivity index (χ2n) is 9.58. The van der Waals surface area contributed by atoms with Gasteiger partial charge in [-0.05, 0) is 55.0 Å². The summed E-state index contributed by atoms with van der Waals surface area (Å²) in [5, 5.41) is 20.7. The van der Waals surface area contributed by atoms with E-state index in [9.17, 15) is 14.7 Å². The van der Waals surface area contributed by atoms with Crippen molar-refractivity contribution in [1.82, 2.24) is 39.7 Å². The van der Waals surface area contributed by atoms with Crippen molar-refractivity contribution >= 4 is 11.8 Å². The highest BCUT2D eigenvalue weighted by molar-refractivity contribution is 5.85. The number of nitrogens with zero attached hydrogens (tertiary/aromatic N) is 8. The van der Waals surface area contributed by atoms with E-state index >= 15 is 0 Å². The Morgan fingerprint density at radius 2 is 1.90 bits per heavy atom. The molecule has 6 rings (SSSR count). The largest absolute Gasteiger partial charge is 0.465 e. The fourth-order valence-electron chi connectivity index (χ4n) is 5.04. The molecule has 0 bridgehead atoms. The second kappa shape index (κ2) is 9.31. The number of amides is 1. The molecule has 3 aromatic heterocycles. The van der Waals surface area contributed by atoms with Gasteiger partial charge in [0.05, 0.1) is 23.1 Å². The highest BCUT2D eigenvalue weighted by Gasteiger charge is 2.30. The number of hydrogen-bond acceptors (Lipinski definition) is 7. The van der Waals surface area contributed by atoms with Gasteiger partial charge in [-0.1, -0.05) is 23.8 Å². The number of carboxylic acid groups (broad SMARTS) is 1. The van der Waals surface area contributed by atoms with Gasteiger partial charge in [-0.3, -0.25) is 14.3 Å². The summed E-state index contributed by atoms with van der Waals surface area (Å²) < 4.78 is 3.27. The molecular formula is C27H25N9O3. The average Bonchev–Trinajstić information content (AvgIpc) is 3.68. The van der Waals surface area contributed by atoms with Crippen LogP contribution in [0.3, 0.4) is 0 Å². The fraction of sp³-hybridized carbons (Fsp3) is 0.222. The number of rotatable bonds is 5. The van der Waals surface area contributed by atoms with E-state index in [-0.39, 0.29) is 11.6 Å². The number of fused-ring (bicyclic) bond motifs is 1. The number of carbonyl (C=O) groups is 1. The molecule has 196 valence electrons. The number of imidazole rings is 1. The first-order valence-corrected chi connectivity index (χ1v) is 12.4. The normalized spacial score (nSPS) is 14.4. The zero-order chi connectivity index (χ0) is 27.3. The van der Waals surface area contributed by atoms with Gasteiger partial charge in [0.1, 0.15) is 18.0 Å². The van der Waals surface area contributed by atoms with Gasteiger partial charge in [-0.15, -0.1) is 5.10 Å². The highest BCUT2D eigenvalue weighted by atomic mass is 16.4. The lowest BCUT2D eigenvalue weighted by atomic mass is 10.1. The van der Waals surface area contributed by atoms with Crippen LogP contribution >= 0.6 is 0 Å². The average molecular weight is 524 g/mol. The van der Waals surface area contributed by atoms with Crippen molar-refractivity contribution in [3.8, 4) is 28.2 Å². The molecule has 12 nitrogen and oxygen atoms in total. The number of benzene rings is 2. The van der Waals surface area contributed by atoms with E-state index in [2.05, 4.69) is 20.5 Å². The molecule has 39 heavy (non-hydrogen) atoms. The van der Waals surface area contributed by atoms with Crippen LogP contribution in [0.1, 0.15) is 35.4 Å². The van der Waals surface area contributed by atoms with Crippen LogP contribution in [-0.4, -0.2) is 58.0 Å². The van der Waals surface area contributed by atoms with Gasteiger partial charge in [-0.25, -0.2) is 14.8 Å². The topological polar surface area (TPSA) is 148 Å². The van der Waals surface area contributed by atoms with Crippen LogP contribution < -0.4 is 10.5 Å². The molecule has 0 radical (unpaired) electrons. The fourth-order valence-corrected chi connectivity index (χ4v) is 5.04. The molecule has 0 aliphatic carbocycles. The van der Waals surface area contributed by atoms with Crippen molar-refractivity contribution in [3.05, 3.63) is 88.1 Å². The third-order valence-corrected chi connectivity index (χ3v) is 7.04. The molecule has 2 N–H and O–H groups in total. The van der Waals surface area contributed by atoms with Crippen LogP contribution in [0.4, 0.5) is 10.5 Å². The number of aromatic amines is 1. The maximum Gasteiger partial charge on any atom is 0.411 e. The van der Waals surface area contributed by atoms with E-state index in [1.165, 1.54) is 13.4 Å². The smallest absolute Gasteiger partial charge is 0.411 e. The van der Waals surface area contributed by atoms with Crippen molar-refractivity contribution in [2.75, 3.05) is 11.9 Å². The molecule has 1 amide bonds. The summed E-state index contributed by atoms with van der Waals surface area (Å²) in [4.78, 5) is 39.0. The lowest BCUT2D eigenvalue weighted by molar-refractivity contribution is 0.203. The Morgan fingerprint density at radius 1 is 1.10 bits per heavy atom. The van der Waals surface area contributed by atoms with Crippen molar-refractivity contribution in [2.45, 2.75) is 32.7 Å². The molecule has 12 heteroatoms. The Balaban J connectivity index is 1.35. The maximum absolute atomic E-state index is 13.5. The van der Waals surface area contributed by atoms with Gasteiger partial charge in [-0.2, -0.15) is 4.68 Å². The van der Waals surface area contributed by atoms with E-state index in [1.54, 1.807) is 27.4 Å². The number of aryl methyl sites for hydroxylation is 3. The molecule has 2 aromatic carbocycles. The van der Waals surface area contributed by atoms with Crippen molar-refractivity contribution in [3.63, 3.8) is 0 Å². The number of aromatic nitrogens is 8. The first-order chi connectivity index (χ1) is 18.8. The van der Waals surface area contributed by atoms with Gasteiger partial charge in [0.15, 0.2) is 0 Å². The summed E-state index contributed by atoms with van der Waals surface area (Å²) in [7, 11) is 1.50. The first-order valence-electron chi connectivity index (χ1n) is 12.4. The van der Waals surface area contributed by atoms with E-state index in [4.69, 9.17) is 9.97 Å². The van der Waals surface area contributed by atoms with Gasteiger partial charge in [0.2, 0.25) is 0 Å². The van der Waals surface area contributed by atoms with Gasteiger partial charge < -0.3 is 10.1 Å². The predicted molar refractivity (Wildman–Crippen MR) is 143 cm³/mol. The minimum atomic E-state index is -1.03. The molecule has 1 atom stereocenters. The zero-order valence-corrected chi connectivity index (χ0v) is 21.5. The Labute approximate surface area is 222 Å². The quantitative estimate of drug-likeness (QED) is 0.355. The van der Waals surface area contributed by atoms with E-state index in [1.807, 2.05) is 44.2 Å². The monoisotopic (exact) mass is 523 g/mol. The lowest BCUT2D eigenvalue weighted by Gasteiger charge is -2.14. The van der Waals surface area contributed by atoms with Crippen LogP contribution in [-0.2, 0) is 6.42 Å². The maximum atomic E-state index is 13.5. The van der Waals surface area contributed by atoms with E-state index in [0.29, 0.717) is 35.9 Å². The van der Waals surface area contributed by atoms with Crippen LogP contribution in [0.25, 0.3) is 28.2 Å². The standard InChI is InChI=1S/C27H25N9O3/c1-15-4-9-21(35-14-28-32-33-35)19(12-15)20-13-24(37)36-22(10-11-23(36)30-20)26-29-16(2)25(31-26)17-5-7-18(8-6-17)34(3)27(38)39/h4-9,12-14,22H,10-11H2,1-3H3,(H,29,31)(H,38,39)/t22-/m0/s1. The summed E-state index contributed by atoms with van der Waals surface area (Å²) in [6, 6.07) is 14.3. The SMILES string of the molecule is Cc1ccc(-n2cnnn2)c(-c2cc(=O)n3c(n2)CC[C@H]3c2nc(-c3ccc(N(C)C(=O)O)cc3)c(C)[nH]2)c1. The predicted octanol–water partition coefficient (Wildman–Crippen LogP) is 3.54. The van der Waals surface area contributed by atoms with Gasteiger partial charge in [0, 0.05) is 42.0 Å². The third-order valence-electron chi connectivity index (χ3n) is 7.04. The van der Waals surface area contributed by atoms with Gasteiger partial charge in [0.25, 0.3) is 5.56 Å². The Bertz CT molecular complexity index is 1750. The van der Waals surface area contributed by atoms with Gasteiger partial charge >= 0.3 is 6.09 Å². The number of H-pyrrole nitrogens is 1. The number of anilines is 1. The molecule has 0 spiro atoms. The van der Waals surface area contributed by atoms with E-state index < -0.39 is 6.09 Å². The molecule has 4 heterocycles. The summed E-state index contributed by atoms with van der Waals surface area (Å²) in [5.41, 5.74) is 6.00.